The predicted octanol–water partition coefficient (Wildman–Crippen LogP) is 5.14. The summed E-state index contributed by atoms with van der Waals surface area (Å²) >= 11 is 7.68. The highest BCUT2D eigenvalue weighted by atomic mass is 35.5. The topological polar surface area (TPSA) is 92.0 Å². The second kappa shape index (κ2) is 11.3. The number of rotatable bonds is 7. The van der Waals surface area contributed by atoms with Crippen molar-refractivity contribution < 1.29 is 14.5 Å². The van der Waals surface area contributed by atoms with Crippen molar-refractivity contribution in [2.24, 2.45) is 0 Å². The first kappa shape index (κ1) is 25.8. The van der Waals surface area contributed by atoms with E-state index in [-0.39, 0.29) is 22.1 Å². The van der Waals surface area contributed by atoms with Gasteiger partial charge >= 0.3 is 0 Å². The van der Waals surface area contributed by atoms with Crippen LogP contribution in [0.15, 0.2) is 30.3 Å². The van der Waals surface area contributed by atoms with E-state index in [9.17, 15) is 14.9 Å². The molecule has 9 nitrogen and oxygen atoms in total. The molecule has 3 aromatic rings. The molecular weight excluding hydrogens is 514 g/mol. The Labute approximate surface area is 224 Å². The lowest BCUT2D eigenvalue weighted by Gasteiger charge is -2.30. The molecule has 37 heavy (non-hydrogen) atoms. The van der Waals surface area contributed by atoms with Crippen LogP contribution in [-0.4, -0.2) is 73.2 Å². The van der Waals surface area contributed by atoms with Gasteiger partial charge in [0, 0.05) is 55.9 Å². The lowest BCUT2D eigenvalue weighted by atomic mass is 10.1. The van der Waals surface area contributed by atoms with Gasteiger partial charge in [-0.1, -0.05) is 22.9 Å². The summed E-state index contributed by atoms with van der Waals surface area (Å²) in [4.78, 5) is 36.3. The quantitative estimate of drug-likeness (QED) is 0.301. The number of benzene rings is 2. The van der Waals surface area contributed by atoms with Crippen LogP contribution in [0.1, 0.15) is 35.2 Å². The van der Waals surface area contributed by atoms with Gasteiger partial charge in [-0.3, -0.25) is 24.7 Å². The Morgan fingerprint density at radius 2 is 1.92 bits per heavy atom. The molecule has 2 fully saturated rings. The number of aryl methyl sites for hydroxylation is 1. The van der Waals surface area contributed by atoms with E-state index in [1.165, 1.54) is 17.4 Å². The third-order valence-corrected chi connectivity index (χ3v) is 8.22. The van der Waals surface area contributed by atoms with Crippen molar-refractivity contribution in [1.29, 1.82) is 0 Å². The number of fused-ring (bicyclic) bond motifs is 1. The van der Waals surface area contributed by atoms with E-state index in [1.807, 2.05) is 24.0 Å². The van der Waals surface area contributed by atoms with Gasteiger partial charge in [-0.05, 0) is 56.0 Å². The van der Waals surface area contributed by atoms with Gasteiger partial charge in [0.05, 0.1) is 28.4 Å². The SMILES string of the molecule is Cc1cc(Cl)cc2sc(N(CCN3CCOCC3)C(=O)c3ccc(N4CCCCC4)c([N+](=O)[O-])c3)nc12. The van der Waals surface area contributed by atoms with E-state index in [0.717, 1.165) is 61.2 Å². The van der Waals surface area contributed by atoms with Gasteiger partial charge in [-0.15, -0.1) is 0 Å². The molecular formula is C26H30ClN5O4S. The summed E-state index contributed by atoms with van der Waals surface area (Å²) in [7, 11) is 0. The van der Waals surface area contributed by atoms with E-state index in [1.54, 1.807) is 17.0 Å². The number of amides is 1. The second-order valence-corrected chi connectivity index (χ2v) is 10.9. The molecule has 0 N–H and O–H groups in total. The molecule has 0 bridgehead atoms. The smallest absolute Gasteiger partial charge is 0.293 e. The molecule has 3 heterocycles. The van der Waals surface area contributed by atoms with Gasteiger partial charge < -0.3 is 9.64 Å². The number of anilines is 2. The number of morpholine rings is 1. The number of thiazole rings is 1. The minimum atomic E-state index is -0.387. The first-order chi connectivity index (χ1) is 17.9. The Hall–Kier alpha value is -2.79. The van der Waals surface area contributed by atoms with Crippen LogP contribution in [0.25, 0.3) is 10.2 Å². The van der Waals surface area contributed by atoms with Crippen molar-refractivity contribution in [2.75, 3.05) is 62.3 Å². The Morgan fingerprint density at radius 1 is 1.16 bits per heavy atom. The third-order valence-electron chi connectivity index (χ3n) is 6.97. The van der Waals surface area contributed by atoms with Crippen LogP contribution >= 0.6 is 22.9 Å². The maximum Gasteiger partial charge on any atom is 0.293 e. The number of nitro benzene ring substituents is 1. The first-order valence-electron chi connectivity index (χ1n) is 12.6. The van der Waals surface area contributed by atoms with E-state index in [4.69, 9.17) is 21.3 Å². The normalized spacial score (nSPS) is 16.8. The summed E-state index contributed by atoms with van der Waals surface area (Å²) in [5.74, 6) is -0.302. The van der Waals surface area contributed by atoms with Crippen molar-refractivity contribution in [1.82, 2.24) is 9.88 Å². The summed E-state index contributed by atoms with van der Waals surface area (Å²) in [5, 5.41) is 13.2. The first-order valence-corrected chi connectivity index (χ1v) is 13.8. The maximum absolute atomic E-state index is 13.9. The molecule has 5 rings (SSSR count). The third kappa shape index (κ3) is 5.72. The van der Waals surface area contributed by atoms with E-state index < -0.39 is 0 Å². The Morgan fingerprint density at radius 3 is 2.65 bits per heavy atom. The molecule has 2 aliphatic heterocycles. The number of carbonyl (C=O) groups excluding carboxylic acids is 1. The van der Waals surface area contributed by atoms with Gasteiger partial charge in [-0.25, -0.2) is 4.98 Å². The Balaban J connectivity index is 1.49. The van der Waals surface area contributed by atoms with Crippen LogP contribution in [0.5, 0.6) is 0 Å². The van der Waals surface area contributed by atoms with Crippen molar-refractivity contribution in [2.45, 2.75) is 26.2 Å². The number of aromatic nitrogens is 1. The summed E-state index contributed by atoms with van der Waals surface area (Å²) in [6, 6.07) is 8.56. The predicted molar refractivity (Wildman–Crippen MR) is 147 cm³/mol. The second-order valence-electron chi connectivity index (χ2n) is 9.48. The van der Waals surface area contributed by atoms with Crippen molar-refractivity contribution in [3.8, 4) is 0 Å². The Kier molecular flexibility index (Phi) is 7.89. The number of hydrogen-bond acceptors (Lipinski definition) is 8. The van der Waals surface area contributed by atoms with Gasteiger partial charge in [-0.2, -0.15) is 0 Å². The van der Waals surface area contributed by atoms with Crippen LogP contribution in [0.3, 0.4) is 0 Å². The molecule has 2 saturated heterocycles. The molecule has 11 heteroatoms. The molecule has 0 spiro atoms. The number of carbonyl (C=O) groups is 1. The molecule has 0 unspecified atom stereocenters. The molecule has 1 amide bonds. The van der Waals surface area contributed by atoms with Gasteiger partial charge in [0.1, 0.15) is 5.69 Å². The summed E-state index contributed by atoms with van der Waals surface area (Å²) in [6.07, 6.45) is 3.15. The van der Waals surface area contributed by atoms with E-state index in [2.05, 4.69) is 4.90 Å². The van der Waals surface area contributed by atoms with Crippen LogP contribution in [0.2, 0.25) is 5.02 Å². The van der Waals surface area contributed by atoms with Crippen LogP contribution in [0.4, 0.5) is 16.5 Å². The summed E-state index contributed by atoms with van der Waals surface area (Å²) in [5.41, 5.74) is 2.56. The molecule has 1 aromatic heterocycles. The number of halogens is 1. The number of hydrogen-bond donors (Lipinski definition) is 0. The van der Waals surface area contributed by atoms with E-state index in [0.29, 0.717) is 42.1 Å². The molecule has 0 radical (unpaired) electrons. The number of nitrogens with zero attached hydrogens (tertiary/aromatic N) is 5. The van der Waals surface area contributed by atoms with Crippen molar-refractivity contribution >= 4 is 55.6 Å². The standard InChI is InChI=1S/C26H30ClN5O4S/c1-18-15-20(27)17-23-24(18)28-26(37-23)31(10-9-29-11-13-36-14-12-29)25(33)19-5-6-21(22(16-19)32(34)35)30-7-3-2-4-8-30/h5-6,15-17H,2-4,7-14H2,1H3. The number of nitro groups is 1. The minimum Gasteiger partial charge on any atom is -0.379 e. The fraction of sp³-hybridized carbons (Fsp3) is 0.462. The molecule has 0 saturated carbocycles. The highest BCUT2D eigenvalue weighted by Crippen LogP contribution is 2.35. The molecule has 2 aromatic carbocycles. The molecule has 0 aliphatic carbocycles. The largest absolute Gasteiger partial charge is 0.379 e. The van der Waals surface area contributed by atoms with Crippen LogP contribution < -0.4 is 9.80 Å². The van der Waals surface area contributed by atoms with Gasteiger partial charge in [0.15, 0.2) is 5.13 Å². The molecule has 196 valence electrons. The zero-order chi connectivity index (χ0) is 25.9. The summed E-state index contributed by atoms with van der Waals surface area (Å²) < 4.78 is 6.35. The summed E-state index contributed by atoms with van der Waals surface area (Å²) in [6.45, 7) is 7.50. The monoisotopic (exact) mass is 543 g/mol. The minimum absolute atomic E-state index is 0.0344. The number of piperidine rings is 1. The zero-order valence-corrected chi connectivity index (χ0v) is 22.4. The highest BCUT2D eigenvalue weighted by Gasteiger charge is 2.27. The maximum atomic E-state index is 13.9. The van der Waals surface area contributed by atoms with Gasteiger partial charge in [0.25, 0.3) is 11.6 Å². The average molecular weight is 544 g/mol. The lowest BCUT2D eigenvalue weighted by molar-refractivity contribution is -0.384. The molecule has 2 aliphatic rings. The van der Waals surface area contributed by atoms with E-state index >= 15 is 0 Å². The van der Waals surface area contributed by atoms with Crippen molar-refractivity contribution in [3.63, 3.8) is 0 Å². The lowest BCUT2D eigenvalue weighted by Crippen LogP contribution is -2.43. The molecule has 0 atom stereocenters. The average Bonchev–Trinajstić information content (AvgIpc) is 3.33. The number of ether oxygens (including phenoxy) is 1. The van der Waals surface area contributed by atoms with Crippen LogP contribution in [0, 0.1) is 17.0 Å². The highest BCUT2D eigenvalue weighted by molar-refractivity contribution is 7.22. The Bertz CT molecular complexity index is 1300. The fourth-order valence-electron chi connectivity index (χ4n) is 4.97. The van der Waals surface area contributed by atoms with Crippen molar-refractivity contribution in [3.05, 3.63) is 56.6 Å². The van der Waals surface area contributed by atoms with Crippen LogP contribution in [-0.2, 0) is 4.74 Å². The van der Waals surface area contributed by atoms with Gasteiger partial charge in [0.2, 0.25) is 0 Å². The fourth-order valence-corrected chi connectivity index (χ4v) is 6.41. The zero-order valence-electron chi connectivity index (χ0n) is 20.8.